The smallest absolute Gasteiger partial charge is 0.410 e. The van der Waals surface area contributed by atoms with Gasteiger partial charge in [0.25, 0.3) is 0 Å². The first-order chi connectivity index (χ1) is 14.3. The number of hydrogen-bond donors (Lipinski definition) is 0. The molecule has 8 heteroatoms. The normalized spacial score (nSPS) is 25.6. The molecule has 7 nitrogen and oxygen atoms in total. The van der Waals surface area contributed by atoms with Crippen LogP contribution in [0.1, 0.15) is 51.9 Å². The molecule has 0 aromatic carbocycles. The van der Waals surface area contributed by atoms with Crippen LogP contribution in [0.3, 0.4) is 0 Å². The number of amides is 1. The molecule has 3 fully saturated rings. The summed E-state index contributed by atoms with van der Waals surface area (Å²) in [7, 11) is -3.23. The number of nitrogens with zero attached hydrogens (tertiary/aromatic N) is 2. The fourth-order valence-corrected chi connectivity index (χ4v) is 5.15. The highest BCUT2D eigenvalue weighted by molar-refractivity contribution is 7.90. The first-order valence-corrected chi connectivity index (χ1v) is 13.0. The molecule has 1 aromatic heterocycles. The van der Waals surface area contributed by atoms with E-state index < -0.39 is 9.84 Å². The monoisotopic (exact) mass is 436 g/mol. The standard InChI is InChI=1S/C22H32N2O5S/c1-3-22(9-10-22)29-21(25)24-11-6-16(7-12-24)19-14-17(19)8-13-28-20-5-4-18(15-23-20)30(2,26)27/h4-5,15-17,19H,3,6-14H2,1-2H3. The van der Waals surface area contributed by atoms with E-state index in [0.717, 1.165) is 57.5 Å². The van der Waals surface area contributed by atoms with Crippen molar-refractivity contribution in [3.63, 3.8) is 0 Å². The minimum atomic E-state index is -3.23. The first kappa shape index (κ1) is 21.4. The zero-order valence-electron chi connectivity index (χ0n) is 17.9. The summed E-state index contributed by atoms with van der Waals surface area (Å²) < 4.78 is 34.4. The molecule has 30 heavy (non-hydrogen) atoms. The molecule has 2 saturated carbocycles. The number of aromatic nitrogens is 1. The Morgan fingerprint density at radius 3 is 2.57 bits per heavy atom. The van der Waals surface area contributed by atoms with Crippen LogP contribution in [0, 0.1) is 17.8 Å². The number of hydrogen-bond acceptors (Lipinski definition) is 6. The van der Waals surface area contributed by atoms with Gasteiger partial charge in [-0.05, 0) is 68.8 Å². The topological polar surface area (TPSA) is 85.8 Å². The van der Waals surface area contributed by atoms with Crippen molar-refractivity contribution in [1.29, 1.82) is 0 Å². The number of likely N-dealkylation sites (tertiary alicyclic amines) is 1. The number of piperidine rings is 1. The maximum Gasteiger partial charge on any atom is 0.410 e. The molecular weight excluding hydrogens is 404 g/mol. The van der Waals surface area contributed by atoms with Crippen LogP contribution >= 0.6 is 0 Å². The third kappa shape index (κ3) is 5.07. The Hall–Kier alpha value is -1.83. The van der Waals surface area contributed by atoms with E-state index in [9.17, 15) is 13.2 Å². The summed E-state index contributed by atoms with van der Waals surface area (Å²) >= 11 is 0. The van der Waals surface area contributed by atoms with Crippen molar-refractivity contribution in [2.45, 2.75) is 62.4 Å². The van der Waals surface area contributed by atoms with Crippen LogP contribution in [-0.4, -0.2) is 55.9 Å². The summed E-state index contributed by atoms with van der Waals surface area (Å²) in [6, 6.07) is 3.14. The maximum atomic E-state index is 12.4. The van der Waals surface area contributed by atoms with Crippen molar-refractivity contribution in [2.75, 3.05) is 26.0 Å². The second-order valence-electron chi connectivity index (χ2n) is 9.13. The Labute approximate surface area is 179 Å². The highest BCUT2D eigenvalue weighted by Gasteiger charge is 2.47. The number of pyridine rings is 1. The Morgan fingerprint density at radius 1 is 1.27 bits per heavy atom. The van der Waals surface area contributed by atoms with Gasteiger partial charge in [-0.3, -0.25) is 0 Å². The predicted octanol–water partition coefficient (Wildman–Crippen LogP) is 3.68. The Balaban J connectivity index is 1.14. The van der Waals surface area contributed by atoms with Crippen molar-refractivity contribution < 1.29 is 22.7 Å². The van der Waals surface area contributed by atoms with Crippen LogP contribution in [0.2, 0.25) is 0 Å². The van der Waals surface area contributed by atoms with Crippen LogP contribution in [0.15, 0.2) is 23.2 Å². The quantitative estimate of drug-likeness (QED) is 0.618. The van der Waals surface area contributed by atoms with Gasteiger partial charge in [-0.15, -0.1) is 0 Å². The third-order valence-corrected chi connectivity index (χ3v) is 8.11. The van der Waals surface area contributed by atoms with E-state index in [1.54, 1.807) is 6.07 Å². The molecule has 2 unspecified atom stereocenters. The average molecular weight is 437 g/mol. The second kappa shape index (κ2) is 8.36. The molecule has 0 bridgehead atoms. The predicted molar refractivity (Wildman–Crippen MR) is 112 cm³/mol. The summed E-state index contributed by atoms with van der Waals surface area (Å²) in [5.41, 5.74) is -0.157. The fourth-order valence-electron chi connectivity index (χ4n) is 4.59. The lowest BCUT2D eigenvalue weighted by Gasteiger charge is -2.32. The van der Waals surface area contributed by atoms with Gasteiger partial charge >= 0.3 is 6.09 Å². The van der Waals surface area contributed by atoms with E-state index in [0.29, 0.717) is 24.3 Å². The van der Waals surface area contributed by atoms with Crippen LogP contribution in [0.25, 0.3) is 0 Å². The van der Waals surface area contributed by atoms with E-state index >= 15 is 0 Å². The summed E-state index contributed by atoms with van der Waals surface area (Å²) in [6.45, 7) is 4.29. The Bertz CT molecular complexity index is 858. The van der Waals surface area contributed by atoms with Crippen molar-refractivity contribution >= 4 is 15.9 Å². The number of carbonyl (C=O) groups is 1. The molecule has 0 N–H and O–H groups in total. The molecule has 2 heterocycles. The molecule has 0 radical (unpaired) electrons. The third-order valence-electron chi connectivity index (χ3n) is 7.01. The van der Waals surface area contributed by atoms with Gasteiger partial charge in [0.1, 0.15) is 5.60 Å². The van der Waals surface area contributed by atoms with Crippen molar-refractivity contribution in [1.82, 2.24) is 9.88 Å². The number of rotatable bonds is 8. The molecule has 0 spiro atoms. The SMILES string of the molecule is CCC1(OC(=O)N2CCC(C3CC3CCOc3ccc(S(C)(=O)=O)cn3)CC2)CC1. The minimum Gasteiger partial charge on any atom is -0.478 e. The van der Waals surface area contributed by atoms with E-state index in [1.165, 1.54) is 24.9 Å². The molecule has 1 aliphatic heterocycles. The molecule has 1 saturated heterocycles. The van der Waals surface area contributed by atoms with E-state index in [2.05, 4.69) is 11.9 Å². The van der Waals surface area contributed by atoms with Gasteiger partial charge in [-0.2, -0.15) is 0 Å². The average Bonchev–Trinajstić information content (AvgIpc) is 3.65. The Kier molecular flexibility index (Phi) is 5.97. The van der Waals surface area contributed by atoms with Crippen molar-refractivity contribution in [2.24, 2.45) is 17.8 Å². The molecule has 166 valence electrons. The van der Waals surface area contributed by atoms with Crippen LogP contribution in [0.5, 0.6) is 5.88 Å². The van der Waals surface area contributed by atoms with E-state index in [1.807, 2.05) is 4.90 Å². The molecule has 2 aliphatic carbocycles. The van der Waals surface area contributed by atoms with Gasteiger partial charge in [-0.25, -0.2) is 18.2 Å². The molecular formula is C22H32N2O5S. The lowest BCUT2D eigenvalue weighted by molar-refractivity contribution is 0.0381. The van der Waals surface area contributed by atoms with E-state index in [-0.39, 0.29) is 16.6 Å². The highest BCUT2D eigenvalue weighted by atomic mass is 32.2. The van der Waals surface area contributed by atoms with Gasteiger partial charge in [0, 0.05) is 31.6 Å². The highest BCUT2D eigenvalue weighted by Crippen LogP contribution is 2.50. The maximum absolute atomic E-state index is 12.4. The minimum absolute atomic E-state index is 0.122. The van der Waals surface area contributed by atoms with Gasteiger partial charge in [0.15, 0.2) is 9.84 Å². The van der Waals surface area contributed by atoms with E-state index in [4.69, 9.17) is 9.47 Å². The summed E-state index contributed by atoms with van der Waals surface area (Å²) in [4.78, 5) is 18.5. The van der Waals surface area contributed by atoms with Gasteiger partial charge in [0.05, 0.1) is 11.5 Å². The zero-order valence-corrected chi connectivity index (χ0v) is 18.7. The molecule has 3 aliphatic rings. The van der Waals surface area contributed by atoms with Crippen molar-refractivity contribution in [3.8, 4) is 5.88 Å². The zero-order chi connectivity index (χ0) is 21.4. The van der Waals surface area contributed by atoms with Crippen LogP contribution in [0.4, 0.5) is 4.79 Å². The first-order valence-electron chi connectivity index (χ1n) is 11.1. The molecule has 1 aromatic rings. The lowest BCUT2D eigenvalue weighted by Crippen LogP contribution is -2.41. The summed E-state index contributed by atoms with van der Waals surface area (Å²) in [5.74, 6) is 2.57. The van der Waals surface area contributed by atoms with Crippen LogP contribution < -0.4 is 4.74 Å². The van der Waals surface area contributed by atoms with Gasteiger partial charge < -0.3 is 14.4 Å². The van der Waals surface area contributed by atoms with Crippen molar-refractivity contribution in [3.05, 3.63) is 18.3 Å². The Morgan fingerprint density at radius 2 is 2.00 bits per heavy atom. The summed E-state index contributed by atoms with van der Waals surface area (Å²) in [6.07, 6.45) is 9.66. The molecule has 2 atom stereocenters. The molecule has 1 amide bonds. The van der Waals surface area contributed by atoms with Gasteiger partial charge in [0.2, 0.25) is 5.88 Å². The van der Waals surface area contributed by atoms with Crippen LogP contribution in [-0.2, 0) is 14.6 Å². The fraction of sp³-hybridized carbons (Fsp3) is 0.727. The number of sulfone groups is 1. The summed E-state index contributed by atoms with van der Waals surface area (Å²) in [5, 5.41) is 0. The molecule has 4 rings (SSSR count). The number of ether oxygens (including phenoxy) is 2. The number of carbonyl (C=O) groups excluding carboxylic acids is 1. The van der Waals surface area contributed by atoms with Gasteiger partial charge in [-0.1, -0.05) is 6.92 Å². The second-order valence-corrected chi connectivity index (χ2v) is 11.1. The largest absolute Gasteiger partial charge is 0.478 e. The lowest BCUT2D eigenvalue weighted by atomic mass is 9.91.